The molecule has 1 saturated heterocycles. The van der Waals surface area contributed by atoms with Crippen molar-refractivity contribution in [3.63, 3.8) is 0 Å². The Balaban J connectivity index is 1.36. The van der Waals surface area contributed by atoms with E-state index in [1.165, 1.54) is 0 Å². The fourth-order valence-electron chi connectivity index (χ4n) is 5.13. The maximum absolute atomic E-state index is 12.7. The average molecular weight is 572 g/mol. The molecule has 0 spiro atoms. The molecular formula is C29H33N9O4. The minimum atomic E-state index is -0.402. The molecule has 13 heteroatoms. The van der Waals surface area contributed by atoms with Crippen LogP contribution >= 0.6 is 0 Å². The highest BCUT2D eigenvalue weighted by atomic mass is 16.5. The molecule has 5 heterocycles. The summed E-state index contributed by atoms with van der Waals surface area (Å²) in [5.41, 5.74) is 2.62. The highest BCUT2D eigenvalue weighted by Crippen LogP contribution is 2.33. The Morgan fingerprint density at radius 2 is 1.83 bits per heavy atom. The zero-order valence-electron chi connectivity index (χ0n) is 23.7. The zero-order chi connectivity index (χ0) is 29.2. The molecule has 0 unspecified atom stereocenters. The van der Waals surface area contributed by atoms with Gasteiger partial charge in [-0.1, -0.05) is 30.3 Å². The van der Waals surface area contributed by atoms with Crippen LogP contribution in [0.2, 0.25) is 0 Å². The van der Waals surface area contributed by atoms with Crippen LogP contribution in [-0.2, 0) is 11.8 Å². The van der Waals surface area contributed by atoms with Gasteiger partial charge in [0.2, 0.25) is 0 Å². The Kier molecular flexibility index (Phi) is 7.59. The van der Waals surface area contributed by atoms with Gasteiger partial charge in [0, 0.05) is 38.4 Å². The highest BCUT2D eigenvalue weighted by Gasteiger charge is 2.22. The molecule has 1 aliphatic heterocycles. The molecule has 3 N–H and O–H groups in total. The fourth-order valence-corrected chi connectivity index (χ4v) is 5.13. The molecule has 0 amide bonds. The van der Waals surface area contributed by atoms with Crippen molar-refractivity contribution in [2.75, 3.05) is 48.4 Å². The Morgan fingerprint density at radius 3 is 2.57 bits per heavy atom. The number of anilines is 4. The number of hydrogen-bond acceptors (Lipinski definition) is 11. The van der Waals surface area contributed by atoms with Gasteiger partial charge in [0.15, 0.2) is 5.65 Å². The van der Waals surface area contributed by atoms with Gasteiger partial charge in [0.1, 0.15) is 11.6 Å². The molecule has 1 fully saturated rings. The van der Waals surface area contributed by atoms with Gasteiger partial charge in [0.25, 0.3) is 17.4 Å². The first-order valence-electron chi connectivity index (χ1n) is 13.9. The standard InChI is InChI=1S/C29H33N9O4/c1-18(2)38-26-20(28(40)36(38)3)9-10-24(33-26)32-25-15-22(31-23(17-39)19-7-5-4-6-8-19)21(16-30-25)27-34-29(35-42-27)37-11-13-41-14-12-37/h4-10,15-16,18,23,39H,11-14,17H2,1-3H3,(H2,30,31,32,33)/t23-/m1/s1. The first-order chi connectivity index (χ1) is 20.4. The zero-order valence-corrected chi connectivity index (χ0v) is 23.7. The van der Waals surface area contributed by atoms with Crippen LogP contribution in [-0.4, -0.2) is 67.5 Å². The summed E-state index contributed by atoms with van der Waals surface area (Å²) in [7, 11) is 1.74. The average Bonchev–Trinajstić information content (AvgIpc) is 3.60. The van der Waals surface area contributed by atoms with Crippen LogP contribution in [0, 0.1) is 0 Å². The topological polar surface area (TPSA) is 148 Å². The number of ether oxygens (including phenoxy) is 1. The molecule has 0 saturated carbocycles. The number of aliphatic hydroxyl groups excluding tert-OH is 1. The van der Waals surface area contributed by atoms with E-state index in [1.807, 2.05) is 59.8 Å². The van der Waals surface area contributed by atoms with Gasteiger partial charge in [-0.15, -0.1) is 0 Å². The number of fused-ring (bicyclic) bond motifs is 1. The number of rotatable bonds is 9. The molecule has 0 bridgehead atoms. The van der Waals surface area contributed by atoms with Crippen molar-refractivity contribution in [1.29, 1.82) is 0 Å². The molecule has 0 radical (unpaired) electrons. The van der Waals surface area contributed by atoms with Crippen LogP contribution in [0.1, 0.15) is 31.5 Å². The Hall–Kier alpha value is -4.75. The molecule has 6 rings (SSSR count). The highest BCUT2D eigenvalue weighted by molar-refractivity contribution is 5.79. The van der Waals surface area contributed by atoms with Crippen molar-refractivity contribution < 1.29 is 14.4 Å². The van der Waals surface area contributed by atoms with E-state index in [0.29, 0.717) is 72.1 Å². The number of aliphatic hydroxyl groups is 1. The van der Waals surface area contributed by atoms with Crippen LogP contribution in [0.5, 0.6) is 0 Å². The van der Waals surface area contributed by atoms with Crippen LogP contribution in [0.15, 0.2) is 64.0 Å². The van der Waals surface area contributed by atoms with E-state index in [-0.39, 0.29) is 18.2 Å². The van der Waals surface area contributed by atoms with Crippen molar-refractivity contribution in [1.82, 2.24) is 29.5 Å². The lowest BCUT2D eigenvalue weighted by atomic mass is 10.1. The maximum atomic E-state index is 12.7. The quantitative estimate of drug-likeness (QED) is 0.239. The fraction of sp³-hybridized carbons (Fsp3) is 0.345. The van der Waals surface area contributed by atoms with Crippen LogP contribution < -0.4 is 21.1 Å². The lowest BCUT2D eigenvalue weighted by Crippen LogP contribution is -2.36. The third-order valence-electron chi connectivity index (χ3n) is 7.24. The molecular weight excluding hydrogens is 538 g/mol. The smallest absolute Gasteiger partial charge is 0.275 e. The number of benzene rings is 1. The van der Waals surface area contributed by atoms with E-state index >= 15 is 0 Å². The number of morpholine rings is 1. The molecule has 4 aromatic heterocycles. The second kappa shape index (κ2) is 11.6. The van der Waals surface area contributed by atoms with Gasteiger partial charge in [-0.05, 0) is 36.7 Å². The first-order valence-corrected chi connectivity index (χ1v) is 13.9. The van der Waals surface area contributed by atoms with E-state index in [9.17, 15) is 9.90 Å². The largest absolute Gasteiger partial charge is 0.394 e. The minimum absolute atomic E-state index is 0.0429. The second-order valence-electron chi connectivity index (χ2n) is 10.4. The van der Waals surface area contributed by atoms with Crippen molar-refractivity contribution in [3.8, 4) is 11.5 Å². The van der Waals surface area contributed by atoms with Gasteiger partial charge in [0.05, 0.1) is 42.5 Å². The van der Waals surface area contributed by atoms with E-state index < -0.39 is 6.04 Å². The monoisotopic (exact) mass is 571 g/mol. The first kappa shape index (κ1) is 27.4. The van der Waals surface area contributed by atoms with Gasteiger partial charge in [-0.2, -0.15) is 4.98 Å². The Labute approximate surface area is 241 Å². The third-order valence-corrected chi connectivity index (χ3v) is 7.24. The normalized spacial score (nSPS) is 14.5. The third kappa shape index (κ3) is 5.31. The van der Waals surface area contributed by atoms with Gasteiger partial charge >= 0.3 is 0 Å². The lowest BCUT2D eigenvalue weighted by molar-refractivity contribution is 0.121. The maximum Gasteiger partial charge on any atom is 0.275 e. The van der Waals surface area contributed by atoms with E-state index in [2.05, 4.69) is 25.8 Å². The molecule has 13 nitrogen and oxygen atoms in total. The summed E-state index contributed by atoms with van der Waals surface area (Å²) >= 11 is 0. The molecule has 1 aromatic carbocycles. The summed E-state index contributed by atoms with van der Waals surface area (Å²) in [4.78, 5) is 28.7. The number of nitrogens with one attached hydrogen (secondary N) is 2. The Morgan fingerprint density at radius 1 is 1.05 bits per heavy atom. The van der Waals surface area contributed by atoms with Crippen LogP contribution in [0.3, 0.4) is 0 Å². The summed E-state index contributed by atoms with van der Waals surface area (Å²) < 4.78 is 14.5. The van der Waals surface area contributed by atoms with Crippen molar-refractivity contribution >= 4 is 34.3 Å². The molecule has 1 atom stereocenters. The molecule has 218 valence electrons. The number of aromatic nitrogens is 6. The van der Waals surface area contributed by atoms with E-state index in [0.717, 1.165) is 5.56 Å². The lowest BCUT2D eigenvalue weighted by Gasteiger charge is -2.24. The van der Waals surface area contributed by atoms with Gasteiger partial charge in [-0.3, -0.25) is 14.2 Å². The predicted octanol–water partition coefficient (Wildman–Crippen LogP) is 3.49. The summed E-state index contributed by atoms with van der Waals surface area (Å²) in [6.07, 6.45) is 1.64. The van der Waals surface area contributed by atoms with E-state index in [1.54, 1.807) is 30.1 Å². The minimum Gasteiger partial charge on any atom is -0.394 e. The molecule has 5 aromatic rings. The number of pyridine rings is 2. The number of nitrogens with zero attached hydrogens (tertiary/aromatic N) is 7. The number of hydrogen-bond donors (Lipinski definition) is 3. The van der Waals surface area contributed by atoms with E-state index in [4.69, 9.17) is 14.2 Å². The summed E-state index contributed by atoms with van der Waals surface area (Å²) in [5.74, 6) is 1.82. The van der Waals surface area contributed by atoms with Crippen molar-refractivity contribution in [3.05, 3.63) is 70.6 Å². The van der Waals surface area contributed by atoms with Gasteiger partial charge < -0.3 is 29.9 Å². The molecule has 42 heavy (non-hydrogen) atoms. The second-order valence-corrected chi connectivity index (χ2v) is 10.4. The predicted molar refractivity (Wildman–Crippen MR) is 159 cm³/mol. The summed E-state index contributed by atoms with van der Waals surface area (Å²) in [5, 5.41) is 21.7. The van der Waals surface area contributed by atoms with Crippen molar-refractivity contribution in [2.45, 2.75) is 25.9 Å². The van der Waals surface area contributed by atoms with Crippen molar-refractivity contribution in [2.24, 2.45) is 7.05 Å². The van der Waals surface area contributed by atoms with Crippen LogP contribution in [0.4, 0.5) is 23.3 Å². The summed E-state index contributed by atoms with van der Waals surface area (Å²) in [6.45, 7) is 6.42. The molecule has 1 aliphatic rings. The van der Waals surface area contributed by atoms with Crippen LogP contribution in [0.25, 0.3) is 22.5 Å². The molecule has 0 aliphatic carbocycles. The Bertz CT molecular complexity index is 1740. The van der Waals surface area contributed by atoms with Gasteiger partial charge in [-0.25, -0.2) is 9.97 Å². The SMILES string of the molecule is CC(C)n1c2nc(Nc3cc(N[C@H](CO)c4ccccc4)c(-c4nc(N5CCOCC5)no4)cn3)ccc2c(=O)n1C. The summed E-state index contributed by atoms with van der Waals surface area (Å²) in [6, 6.07) is 14.7.